The third-order valence-electron chi connectivity index (χ3n) is 3.13. The Bertz CT molecular complexity index is 883. The normalized spacial score (nSPS) is 11.2. The molecule has 0 aliphatic rings. The van der Waals surface area contributed by atoms with Crippen molar-refractivity contribution in [1.29, 1.82) is 0 Å². The van der Waals surface area contributed by atoms with Gasteiger partial charge in [0.25, 0.3) is 0 Å². The zero-order valence-corrected chi connectivity index (χ0v) is 14.4. The first-order valence-corrected chi connectivity index (χ1v) is 7.83. The van der Waals surface area contributed by atoms with Crippen LogP contribution in [0.3, 0.4) is 0 Å². The van der Waals surface area contributed by atoms with Crippen LogP contribution in [0.2, 0.25) is 0 Å². The number of hydrogen-bond donors (Lipinski definition) is 1. The lowest BCUT2D eigenvalue weighted by molar-refractivity contribution is 0.619. The number of fused-ring (bicyclic) bond motifs is 1. The summed E-state index contributed by atoms with van der Waals surface area (Å²) in [5, 5.41) is 0. The molecule has 2 nitrogen and oxygen atoms in total. The lowest BCUT2D eigenvalue weighted by Gasteiger charge is -2.10. The van der Waals surface area contributed by atoms with Crippen LogP contribution in [0.25, 0.3) is 16.7 Å². The van der Waals surface area contributed by atoms with Crippen molar-refractivity contribution in [3.05, 3.63) is 55.4 Å². The molecule has 0 aliphatic heterocycles. The SMILES string of the molecule is Cc1cc(F)c(Br)cc1-n1c(=S)[nH]c2ccc(Br)cc21. The predicted molar refractivity (Wildman–Crippen MR) is 88.6 cm³/mol. The van der Waals surface area contributed by atoms with Crippen LogP contribution in [-0.4, -0.2) is 9.55 Å². The molecular weight excluding hydrogens is 407 g/mol. The number of hydrogen-bond acceptors (Lipinski definition) is 1. The van der Waals surface area contributed by atoms with Crippen molar-refractivity contribution in [2.45, 2.75) is 6.92 Å². The minimum absolute atomic E-state index is 0.279. The fourth-order valence-electron chi connectivity index (χ4n) is 2.19. The van der Waals surface area contributed by atoms with Crippen LogP contribution in [0.1, 0.15) is 5.56 Å². The van der Waals surface area contributed by atoms with Crippen LogP contribution >= 0.6 is 44.1 Å². The van der Waals surface area contributed by atoms with E-state index < -0.39 is 0 Å². The van der Waals surface area contributed by atoms with Gasteiger partial charge in [-0.25, -0.2) is 4.39 Å². The molecule has 0 radical (unpaired) electrons. The molecule has 0 unspecified atom stereocenters. The highest BCUT2D eigenvalue weighted by Crippen LogP contribution is 2.28. The van der Waals surface area contributed by atoms with Crippen LogP contribution in [0.5, 0.6) is 0 Å². The molecule has 0 fully saturated rings. The van der Waals surface area contributed by atoms with Gasteiger partial charge < -0.3 is 4.98 Å². The number of H-pyrrole nitrogens is 1. The topological polar surface area (TPSA) is 20.7 Å². The van der Waals surface area contributed by atoms with Gasteiger partial charge in [-0.15, -0.1) is 0 Å². The Hall–Kier alpha value is -0.980. The lowest BCUT2D eigenvalue weighted by Crippen LogP contribution is -1.98. The highest BCUT2D eigenvalue weighted by Gasteiger charge is 2.12. The van der Waals surface area contributed by atoms with Gasteiger partial charge in [0, 0.05) is 4.47 Å². The van der Waals surface area contributed by atoms with Crippen molar-refractivity contribution in [3.8, 4) is 5.69 Å². The Balaban J connectivity index is 2.40. The Labute approximate surface area is 136 Å². The fourth-order valence-corrected chi connectivity index (χ4v) is 3.18. The van der Waals surface area contributed by atoms with Gasteiger partial charge in [0.1, 0.15) is 5.82 Å². The average molecular weight is 416 g/mol. The number of nitrogens with zero attached hydrogens (tertiary/aromatic N) is 1. The summed E-state index contributed by atoms with van der Waals surface area (Å²) in [6.07, 6.45) is 0. The van der Waals surface area contributed by atoms with E-state index in [0.29, 0.717) is 9.24 Å². The van der Waals surface area contributed by atoms with Crippen molar-refractivity contribution in [2.24, 2.45) is 0 Å². The molecule has 0 amide bonds. The maximum atomic E-state index is 13.6. The summed E-state index contributed by atoms with van der Waals surface area (Å²) in [5.41, 5.74) is 3.57. The molecule has 2 aromatic carbocycles. The monoisotopic (exact) mass is 414 g/mol. The Kier molecular flexibility index (Phi) is 3.56. The van der Waals surface area contributed by atoms with Gasteiger partial charge in [0.2, 0.25) is 0 Å². The molecular formula is C14H9Br2FN2S. The van der Waals surface area contributed by atoms with Gasteiger partial charge in [-0.3, -0.25) is 4.57 Å². The number of aromatic amines is 1. The van der Waals surface area contributed by atoms with E-state index >= 15 is 0 Å². The van der Waals surface area contributed by atoms with Crippen LogP contribution in [-0.2, 0) is 0 Å². The van der Waals surface area contributed by atoms with Crippen molar-refractivity contribution in [1.82, 2.24) is 9.55 Å². The Morgan fingerprint density at radius 1 is 1.20 bits per heavy atom. The standard InChI is InChI=1S/C14H9Br2FN2S/c1-7-4-10(17)9(16)6-12(7)19-13-5-8(15)2-3-11(13)18-14(19)20/h2-6H,1H3,(H,18,20). The van der Waals surface area contributed by atoms with Gasteiger partial charge in [0.05, 0.1) is 21.2 Å². The Morgan fingerprint density at radius 2 is 1.95 bits per heavy atom. The summed E-state index contributed by atoms with van der Waals surface area (Å²) in [5.74, 6) is -0.279. The number of nitrogens with one attached hydrogen (secondary N) is 1. The summed E-state index contributed by atoms with van der Waals surface area (Å²) in [6.45, 7) is 1.86. The van der Waals surface area contributed by atoms with E-state index in [9.17, 15) is 4.39 Å². The van der Waals surface area contributed by atoms with Crippen molar-refractivity contribution in [2.75, 3.05) is 0 Å². The second-order valence-corrected chi connectivity index (χ2v) is 6.64. The molecule has 20 heavy (non-hydrogen) atoms. The van der Waals surface area contributed by atoms with Gasteiger partial charge in [0.15, 0.2) is 4.77 Å². The minimum Gasteiger partial charge on any atom is -0.330 e. The summed E-state index contributed by atoms with van der Waals surface area (Å²) in [4.78, 5) is 3.16. The van der Waals surface area contributed by atoms with Crippen molar-refractivity contribution in [3.63, 3.8) is 0 Å². The van der Waals surface area contributed by atoms with Gasteiger partial charge in [-0.2, -0.15) is 0 Å². The van der Waals surface area contributed by atoms with Crippen molar-refractivity contribution < 1.29 is 4.39 Å². The molecule has 3 aromatic rings. The summed E-state index contributed by atoms with van der Waals surface area (Å²) in [6, 6.07) is 9.13. The largest absolute Gasteiger partial charge is 0.330 e. The molecule has 0 saturated heterocycles. The molecule has 0 atom stereocenters. The van der Waals surface area contributed by atoms with Crippen molar-refractivity contribution >= 4 is 55.1 Å². The maximum absolute atomic E-state index is 13.6. The first kappa shape index (κ1) is 14.0. The zero-order chi connectivity index (χ0) is 14.4. The van der Waals surface area contributed by atoms with E-state index in [1.54, 1.807) is 6.07 Å². The van der Waals surface area contributed by atoms with Gasteiger partial charge in [-0.1, -0.05) is 15.9 Å². The summed E-state index contributed by atoms with van der Waals surface area (Å²) < 4.78 is 17.5. The van der Waals surface area contributed by atoms with E-state index in [0.717, 1.165) is 26.8 Å². The molecule has 3 rings (SSSR count). The number of imidazole rings is 1. The minimum atomic E-state index is -0.279. The third-order valence-corrected chi connectivity index (χ3v) is 4.51. The second kappa shape index (κ2) is 5.09. The third kappa shape index (κ3) is 2.25. The summed E-state index contributed by atoms with van der Waals surface area (Å²) >= 11 is 12.1. The van der Waals surface area contributed by atoms with Crippen LogP contribution in [0, 0.1) is 17.5 Å². The molecule has 102 valence electrons. The molecule has 1 aromatic heterocycles. The number of rotatable bonds is 1. The number of halogens is 3. The quantitative estimate of drug-likeness (QED) is 0.508. The molecule has 1 N–H and O–H groups in total. The van der Waals surface area contributed by atoms with E-state index in [1.807, 2.05) is 29.7 Å². The lowest BCUT2D eigenvalue weighted by atomic mass is 10.2. The van der Waals surface area contributed by atoms with E-state index in [1.165, 1.54) is 6.07 Å². The molecule has 0 spiro atoms. The predicted octanol–water partition coefficient (Wildman–Crippen LogP) is 5.66. The molecule has 6 heteroatoms. The van der Waals surface area contributed by atoms with E-state index in [2.05, 4.69) is 36.8 Å². The second-order valence-electron chi connectivity index (χ2n) is 4.48. The average Bonchev–Trinajstić information content (AvgIpc) is 2.69. The molecule has 0 saturated carbocycles. The molecule has 0 bridgehead atoms. The van der Waals surface area contributed by atoms with E-state index in [-0.39, 0.29) is 5.82 Å². The fraction of sp³-hybridized carbons (Fsp3) is 0.0714. The number of benzene rings is 2. The van der Waals surface area contributed by atoms with Crippen LogP contribution < -0.4 is 0 Å². The first-order chi connectivity index (χ1) is 9.47. The smallest absolute Gasteiger partial charge is 0.182 e. The highest BCUT2D eigenvalue weighted by atomic mass is 79.9. The van der Waals surface area contributed by atoms with Gasteiger partial charge in [-0.05, 0) is 71.0 Å². The van der Waals surface area contributed by atoms with E-state index in [4.69, 9.17) is 12.2 Å². The van der Waals surface area contributed by atoms with Crippen LogP contribution in [0.15, 0.2) is 39.3 Å². The summed E-state index contributed by atoms with van der Waals surface area (Å²) in [7, 11) is 0. The number of aromatic nitrogens is 2. The zero-order valence-electron chi connectivity index (χ0n) is 10.4. The Morgan fingerprint density at radius 3 is 2.70 bits per heavy atom. The number of aryl methyl sites for hydroxylation is 1. The first-order valence-electron chi connectivity index (χ1n) is 5.83. The highest BCUT2D eigenvalue weighted by molar-refractivity contribution is 9.10. The maximum Gasteiger partial charge on any atom is 0.182 e. The van der Waals surface area contributed by atoms with Gasteiger partial charge >= 0.3 is 0 Å². The molecule has 0 aliphatic carbocycles. The molecule has 1 heterocycles. The van der Waals surface area contributed by atoms with Crippen LogP contribution in [0.4, 0.5) is 4.39 Å².